The lowest BCUT2D eigenvalue weighted by molar-refractivity contribution is -0.132. The first-order chi connectivity index (χ1) is 14.4. The number of benzene rings is 1. The van der Waals surface area contributed by atoms with Crippen molar-refractivity contribution in [1.29, 1.82) is 0 Å². The van der Waals surface area contributed by atoms with Crippen molar-refractivity contribution in [2.75, 3.05) is 58.4 Å². The van der Waals surface area contributed by atoms with E-state index >= 15 is 0 Å². The van der Waals surface area contributed by atoms with E-state index in [0.29, 0.717) is 31.8 Å². The standard InChI is InChI=1S/C22H32FN5O2/c1-5-21(29)27(13-14-30-4)16-20-17(2)24-28(19-8-6-7-18(23)15-19)22(20)26-11-9-25(3)10-12-26/h6-8,15H,5,9-14,16H2,1-4H3. The van der Waals surface area contributed by atoms with Gasteiger partial charge >= 0.3 is 0 Å². The van der Waals surface area contributed by atoms with Crippen LogP contribution in [0, 0.1) is 12.7 Å². The zero-order chi connectivity index (χ0) is 21.7. The number of nitrogens with zero attached hydrogens (tertiary/aromatic N) is 5. The van der Waals surface area contributed by atoms with Crippen LogP contribution in [-0.2, 0) is 16.1 Å². The van der Waals surface area contributed by atoms with Gasteiger partial charge < -0.3 is 19.4 Å². The molecule has 7 nitrogen and oxygen atoms in total. The third kappa shape index (κ3) is 4.99. The van der Waals surface area contributed by atoms with Crippen molar-refractivity contribution in [2.45, 2.75) is 26.8 Å². The molecule has 8 heteroatoms. The lowest BCUT2D eigenvalue weighted by Crippen LogP contribution is -2.45. The van der Waals surface area contributed by atoms with Gasteiger partial charge in [0.1, 0.15) is 11.6 Å². The van der Waals surface area contributed by atoms with Crippen LogP contribution < -0.4 is 4.90 Å². The van der Waals surface area contributed by atoms with Crippen LogP contribution in [0.5, 0.6) is 0 Å². The lowest BCUT2D eigenvalue weighted by atomic mass is 10.1. The van der Waals surface area contributed by atoms with Gasteiger partial charge in [0.25, 0.3) is 0 Å². The SMILES string of the molecule is CCC(=O)N(CCOC)Cc1c(C)nn(-c2cccc(F)c2)c1N1CCN(C)CC1. The van der Waals surface area contributed by atoms with Gasteiger partial charge in [-0.15, -0.1) is 0 Å². The first kappa shape index (κ1) is 22.2. The van der Waals surface area contributed by atoms with E-state index in [-0.39, 0.29) is 11.7 Å². The highest BCUT2D eigenvalue weighted by Crippen LogP contribution is 2.30. The summed E-state index contributed by atoms with van der Waals surface area (Å²) in [4.78, 5) is 19.0. The van der Waals surface area contributed by atoms with E-state index in [0.717, 1.165) is 43.3 Å². The number of hydrogen-bond donors (Lipinski definition) is 0. The van der Waals surface area contributed by atoms with Crippen molar-refractivity contribution in [3.8, 4) is 5.69 Å². The predicted molar refractivity (Wildman–Crippen MR) is 116 cm³/mol. The number of hydrogen-bond acceptors (Lipinski definition) is 5. The predicted octanol–water partition coefficient (Wildman–Crippen LogP) is 2.46. The number of amides is 1. The Morgan fingerprint density at radius 2 is 2.00 bits per heavy atom. The maximum atomic E-state index is 14.0. The second-order valence-corrected chi connectivity index (χ2v) is 7.73. The van der Waals surface area contributed by atoms with E-state index in [2.05, 4.69) is 16.8 Å². The van der Waals surface area contributed by atoms with Gasteiger partial charge in [0.2, 0.25) is 5.91 Å². The van der Waals surface area contributed by atoms with Crippen molar-refractivity contribution in [3.63, 3.8) is 0 Å². The first-order valence-corrected chi connectivity index (χ1v) is 10.5. The minimum absolute atomic E-state index is 0.0780. The molecule has 0 radical (unpaired) electrons. The molecule has 0 atom stereocenters. The number of likely N-dealkylation sites (N-methyl/N-ethyl adjacent to an activating group) is 1. The Hall–Kier alpha value is -2.45. The zero-order valence-corrected chi connectivity index (χ0v) is 18.4. The molecule has 0 bridgehead atoms. The summed E-state index contributed by atoms with van der Waals surface area (Å²) in [5, 5.41) is 4.76. The Balaban J connectivity index is 2.04. The molecule has 0 aliphatic carbocycles. The quantitative estimate of drug-likeness (QED) is 0.661. The largest absolute Gasteiger partial charge is 0.383 e. The van der Waals surface area contributed by atoms with Gasteiger partial charge in [-0.1, -0.05) is 13.0 Å². The number of aryl methyl sites for hydroxylation is 1. The molecule has 1 fully saturated rings. The Morgan fingerprint density at radius 1 is 1.27 bits per heavy atom. The Labute approximate surface area is 178 Å². The van der Waals surface area contributed by atoms with Gasteiger partial charge in [-0.3, -0.25) is 4.79 Å². The summed E-state index contributed by atoms with van der Waals surface area (Å²) in [6.45, 7) is 8.86. The van der Waals surface area contributed by atoms with E-state index in [1.807, 2.05) is 29.5 Å². The minimum Gasteiger partial charge on any atom is -0.383 e. The number of halogens is 1. The number of anilines is 1. The monoisotopic (exact) mass is 417 g/mol. The Bertz CT molecular complexity index is 861. The van der Waals surface area contributed by atoms with Gasteiger partial charge in [-0.2, -0.15) is 5.10 Å². The van der Waals surface area contributed by atoms with Gasteiger partial charge in [-0.25, -0.2) is 9.07 Å². The fraction of sp³-hybridized carbons (Fsp3) is 0.545. The second-order valence-electron chi connectivity index (χ2n) is 7.73. The van der Waals surface area contributed by atoms with Crippen molar-refractivity contribution in [2.24, 2.45) is 0 Å². The maximum Gasteiger partial charge on any atom is 0.222 e. The van der Waals surface area contributed by atoms with E-state index in [4.69, 9.17) is 9.84 Å². The van der Waals surface area contributed by atoms with E-state index in [1.54, 1.807) is 13.2 Å². The number of methoxy groups -OCH3 is 1. The first-order valence-electron chi connectivity index (χ1n) is 10.5. The highest BCUT2D eigenvalue weighted by molar-refractivity contribution is 5.76. The fourth-order valence-corrected chi connectivity index (χ4v) is 3.77. The Morgan fingerprint density at radius 3 is 2.63 bits per heavy atom. The van der Waals surface area contributed by atoms with Crippen LogP contribution in [0.4, 0.5) is 10.2 Å². The van der Waals surface area contributed by atoms with Gasteiger partial charge in [-0.05, 0) is 32.2 Å². The van der Waals surface area contributed by atoms with Crippen LogP contribution in [0.2, 0.25) is 0 Å². The lowest BCUT2D eigenvalue weighted by Gasteiger charge is -2.35. The summed E-state index contributed by atoms with van der Waals surface area (Å²) in [7, 11) is 3.75. The molecule has 0 N–H and O–H groups in total. The zero-order valence-electron chi connectivity index (χ0n) is 18.4. The molecule has 30 heavy (non-hydrogen) atoms. The van der Waals surface area contributed by atoms with Crippen LogP contribution in [0.3, 0.4) is 0 Å². The van der Waals surface area contributed by atoms with Gasteiger partial charge in [0, 0.05) is 51.8 Å². The minimum atomic E-state index is -0.297. The van der Waals surface area contributed by atoms with Crippen molar-refractivity contribution >= 4 is 11.7 Å². The molecular formula is C22H32FN5O2. The second kappa shape index (κ2) is 10.0. The molecule has 164 valence electrons. The van der Waals surface area contributed by atoms with Crippen LogP contribution in [0.1, 0.15) is 24.6 Å². The molecule has 3 rings (SSSR count). The molecule has 0 saturated carbocycles. The van der Waals surface area contributed by atoms with E-state index in [9.17, 15) is 9.18 Å². The summed E-state index contributed by atoms with van der Waals surface area (Å²) in [6.07, 6.45) is 0.435. The smallest absolute Gasteiger partial charge is 0.222 e. The van der Waals surface area contributed by atoms with Gasteiger partial charge in [0.15, 0.2) is 0 Å². The van der Waals surface area contributed by atoms with Crippen LogP contribution >= 0.6 is 0 Å². The number of carbonyl (C=O) groups is 1. The fourth-order valence-electron chi connectivity index (χ4n) is 3.77. The normalized spacial score (nSPS) is 14.9. The van der Waals surface area contributed by atoms with Crippen LogP contribution in [-0.4, -0.2) is 79.0 Å². The van der Waals surface area contributed by atoms with Crippen LogP contribution in [0.15, 0.2) is 24.3 Å². The molecule has 0 unspecified atom stereocenters. The topological polar surface area (TPSA) is 53.8 Å². The number of rotatable bonds is 8. The highest BCUT2D eigenvalue weighted by atomic mass is 19.1. The molecule has 1 aliphatic heterocycles. The molecule has 1 aromatic heterocycles. The molecule has 0 spiro atoms. The number of ether oxygens (including phenoxy) is 1. The molecule has 2 aromatic rings. The number of aromatic nitrogens is 2. The average Bonchev–Trinajstić information content (AvgIpc) is 3.07. The molecule has 1 saturated heterocycles. The Kier molecular flexibility index (Phi) is 7.44. The summed E-state index contributed by atoms with van der Waals surface area (Å²) in [5.41, 5.74) is 2.53. The van der Waals surface area contributed by atoms with E-state index in [1.165, 1.54) is 12.1 Å². The maximum absolute atomic E-state index is 14.0. The van der Waals surface area contributed by atoms with E-state index < -0.39 is 0 Å². The molecule has 1 aromatic carbocycles. The van der Waals surface area contributed by atoms with Crippen molar-refractivity contribution in [3.05, 3.63) is 41.3 Å². The van der Waals surface area contributed by atoms with Crippen molar-refractivity contribution in [1.82, 2.24) is 19.6 Å². The number of carbonyl (C=O) groups excluding carboxylic acids is 1. The summed E-state index contributed by atoms with van der Waals surface area (Å²) < 4.78 is 21.0. The molecule has 1 aliphatic rings. The average molecular weight is 418 g/mol. The summed E-state index contributed by atoms with van der Waals surface area (Å²) in [5.74, 6) is 0.723. The van der Waals surface area contributed by atoms with Crippen molar-refractivity contribution < 1.29 is 13.9 Å². The summed E-state index contributed by atoms with van der Waals surface area (Å²) >= 11 is 0. The third-order valence-corrected chi connectivity index (χ3v) is 5.58. The number of piperazine rings is 1. The molecule has 1 amide bonds. The highest BCUT2D eigenvalue weighted by Gasteiger charge is 2.27. The molecular weight excluding hydrogens is 385 g/mol. The van der Waals surface area contributed by atoms with Crippen LogP contribution in [0.25, 0.3) is 5.69 Å². The molecule has 2 heterocycles. The van der Waals surface area contributed by atoms with Gasteiger partial charge in [0.05, 0.1) is 24.5 Å². The third-order valence-electron chi connectivity index (χ3n) is 5.58. The summed E-state index contributed by atoms with van der Waals surface area (Å²) in [6, 6.07) is 6.48.